The van der Waals surface area contributed by atoms with Gasteiger partial charge >= 0.3 is 5.97 Å². The van der Waals surface area contributed by atoms with Gasteiger partial charge in [0.25, 0.3) is 5.91 Å². The lowest BCUT2D eigenvalue weighted by Gasteiger charge is -2.05. The molecule has 3 aromatic rings. The number of anilines is 2. The maximum Gasteiger partial charge on any atom is 0.350 e. The van der Waals surface area contributed by atoms with E-state index in [-0.39, 0.29) is 29.6 Å². The number of halogens is 1. The molecule has 0 bridgehead atoms. The van der Waals surface area contributed by atoms with E-state index in [1.165, 1.54) is 24.3 Å². The molecule has 0 radical (unpaired) electrons. The Morgan fingerprint density at radius 1 is 1.16 bits per heavy atom. The summed E-state index contributed by atoms with van der Waals surface area (Å²) < 4.78 is 18.2. The zero-order valence-corrected chi connectivity index (χ0v) is 18.7. The second kappa shape index (κ2) is 10.8. The minimum Gasteiger partial charge on any atom is -0.462 e. The summed E-state index contributed by atoms with van der Waals surface area (Å²) in [7, 11) is 0. The third-order valence-corrected chi connectivity index (χ3v) is 5.80. The van der Waals surface area contributed by atoms with Crippen LogP contribution in [0.25, 0.3) is 0 Å². The number of benzene rings is 1. The van der Waals surface area contributed by atoms with Gasteiger partial charge in [-0.25, -0.2) is 14.2 Å². The van der Waals surface area contributed by atoms with E-state index in [1.54, 1.807) is 19.9 Å². The third kappa shape index (κ3) is 6.31. The number of ether oxygens (including phenoxy) is 1. The van der Waals surface area contributed by atoms with Gasteiger partial charge in [-0.2, -0.15) is 0 Å². The molecule has 2 aromatic heterocycles. The Hall–Kier alpha value is -3.38. The summed E-state index contributed by atoms with van der Waals surface area (Å²) >= 11 is 2.18. The number of nitrogens with zero attached hydrogens (tertiary/aromatic N) is 3. The Morgan fingerprint density at radius 3 is 2.66 bits per heavy atom. The van der Waals surface area contributed by atoms with Crippen molar-refractivity contribution in [3.05, 3.63) is 58.3 Å². The zero-order chi connectivity index (χ0) is 23.1. The number of rotatable bonds is 8. The van der Waals surface area contributed by atoms with Crippen molar-refractivity contribution in [1.82, 2.24) is 15.2 Å². The van der Waals surface area contributed by atoms with Gasteiger partial charge in [0.15, 0.2) is 10.9 Å². The topological polar surface area (TPSA) is 123 Å². The molecule has 0 saturated heterocycles. The van der Waals surface area contributed by atoms with Gasteiger partial charge in [-0.15, -0.1) is 10.2 Å². The Kier molecular flexibility index (Phi) is 7.84. The van der Waals surface area contributed by atoms with Crippen molar-refractivity contribution in [1.29, 1.82) is 0 Å². The molecule has 166 valence electrons. The molecule has 2 heterocycles. The fourth-order valence-corrected chi connectivity index (χ4v) is 3.90. The number of carbonyl (C=O) groups is 3. The van der Waals surface area contributed by atoms with Crippen molar-refractivity contribution >= 4 is 51.8 Å². The fraction of sp³-hybridized carbons (Fsp3) is 0.200. The molecule has 3 rings (SSSR count). The molecule has 0 aliphatic heterocycles. The molecule has 0 atom stereocenters. The number of thiazole rings is 1. The maximum atomic E-state index is 13.2. The first-order valence-corrected chi connectivity index (χ1v) is 11.1. The number of nitrogens with one attached hydrogen (secondary N) is 2. The Morgan fingerprint density at radius 2 is 1.97 bits per heavy atom. The number of thioether (sulfide) groups is 1. The molecule has 0 fully saturated rings. The smallest absolute Gasteiger partial charge is 0.350 e. The van der Waals surface area contributed by atoms with Crippen molar-refractivity contribution < 1.29 is 23.5 Å². The summed E-state index contributed by atoms with van der Waals surface area (Å²) in [5, 5.41) is 13.8. The van der Waals surface area contributed by atoms with E-state index < -0.39 is 17.7 Å². The lowest BCUT2D eigenvalue weighted by Crippen LogP contribution is -2.14. The van der Waals surface area contributed by atoms with Crippen LogP contribution in [0.4, 0.5) is 15.3 Å². The molecule has 2 N–H and O–H groups in total. The second-order valence-electron chi connectivity index (χ2n) is 6.21. The first-order chi connectivity index (χ1) is 15.4. The Bertz CT molecular complexity index is 1140. The second-order valence-corrected chi connectivity index (χ2v) is 8.21. The molecule has 12 heteroatoms. The summed E-state index contributed by atoms with van der Waals surface area (Å²) in [4.78, 5) is 40.6. The lowest BCUT2D eigenvalue weighted by atomic mass is 10.2. The van der Waals surface area contributed by atoms with Gasteiger partial charge in [-0.3, -0.25) is 9.59 Å². The summed E-state index contributed by atoms with van der Waals surface area (Å²) in [5.74, 6) is -1.60. The highest BCUT2D eigenvalue weighted by atomic mass is 32.2. The van der Waals surface area contributed by atoms with Crippen LogP contribution in [0.2, 0.25) is 0 Å². The number of aromatic nitrogens is 3. The molecule has 0 saturated carbocycles. The van der Waals surface area contributed by atoms with Crippen LogP contribution in [0.5, 0.6) is 0 Å². The molecular formula is C20H18FN5O4S2. The first-order valence-electron chi connectivity index (χ1n) is 9.33. The predicted octanol–water partition coefficient (Wildman–Crippen LogP) is 3.54. The highest BCUT2D eigenvalue weighted by molar-refractivity contribution is 7.99. The molecule has 1 aromatic carbocycles. The minimum absolute atomic E-state index is 0.0387. The van der Waals surface area contributed by atoms with E-state index in [1.807, 2.05) is 0 Å². The Labute approximate surface area is 190 Å². The van der Waals surface area contributed by atoms with Gasteiger partial charge in [0.2, 0.25) is 5.91 Å². The van der Waals surface area contributed by atoms with Gasteiger partial charge in [0.05, 0.1) is 18.1 Å². The van der Waals surface area contributed by atoms with Crippen molar-refractivity contribution in [2.75, 3.05) is 23.0 Å². The maximum absolute atomic E-state index is 13.2. The van der Waals surface area contributed by atoms with Gasteiger partial charge in [0.1, 0.15) is 15.7 Å². The quantitative estimate of drug-likeness (QED) is 0.375. The van der Waals surface area contributed by atoms with Crippen LogP contribution < -0.4 is 10.6 Å². The average molecular weight is 476 g/mol. The normalized spacial score (nSPS) is 10.5. The number of hydrogen-bond acceptors (Lipinski definition) is 9. The van der Waals surface area contributed by atoms with Crippen LogP contribution in [0.3, 0.4) is 0 Å². The standard InChI is InChI=1S/C20H18FN5O4S2/c1-3-30-19(29)17-11(2)22-20(32-17)24-15(27)10-31-16-8-7-14(25-26-16)23-18(28)12-5-4-6-13(21)9-12/h4-9H,3,10H2,1-2H3,(H,22,24,27)(H,23,25,28). The summed E-state index contributed by atoms with van der Waals surface area (Å²) in [5.41, 5.74) is 0.642. The van der Waals surface area contributed by atoms with E-state index in [4.69, 9.17) is 4.74 Å². The molecule has 32 heavy (non-hydrogen) atoms. The number of carbonyl (C=O) groups excluding carboxylic acids is 3. The molecule has 2 amide bonds. The third-order valence-electron chi connectivity index (χ3n) is 3.82. The molecule has 9 nitrogen and oxygen atoms in total. The predicted molar refractivity (Wildman–Crippen MR) is 119 cm³/mol. The molecule has 0 unspecified atom stereocenters. The molecule has 0 aliphatic rings. The Balaban J connectivity index is 1.51. The molecular weight excluding hydrogens is 457 g/mol. The monoisotopic (exact) mass is 475 g/mol. The van der Waals surface area contributed by atoms with Gasteiger partial charge < -0.3 is 15.4 Å². The van der Waals surface area contributed by atoms with E-state index in [0.717, 1.165) is 29.2 Å². The van der Waals surface area contributed by atoms with Crippen LogP contribution in [0, 0.1) is 12.7 Å². The van der Waals surface area contributed by atoms with E-state index in [9.17, 15) is 18.8 Å². The average Bonchev–Trinajstić information content (AvgIpc) is 3.13. The van der Waals surface area contributed by atoms with Crippen LogP contribution in [-0.4, -0.2) is 45.3 Å². The highest BCUT2D eigenvalue weighted by Gasteiger charge is 2.17. The fourth-order valence-electron chi connectivity index (χ4n) is 2.41. The van der Waals surface area contributed by atoms with E-state index in [0.29, 0.717) is 20.7 Å². The van der Waals surface area contributed by atoms with Gasteiger partial charge in [0, 0.05) is 5.56 Å². The van der Waals surface area contributed by atoms with Crippen LogP contribution in [0.1, 0.15) is 32.6 Å². The first kappa shape index (κ1) is 23.3. The number of aryl methyl sites for hydroxylation is 1. The largest absolute Gasteiger partial charge is 0.462 e. The summed E-state index contributed by atoms with van der Waals surface area (Å²) in [6.07, 6.45) is 0. The van der Waals surface area contributed by atoms with Crippen molar-refractivity contribution in [2.45, 2.75) is 18.9 Å². The molecule has 0 aliphatic carbocycles. The van der Waals surface area contributed by atoms with E-state index >= 15 is 0 Å². The summed E-state index contributed by atoms with van der Waals surface area (Å²) in [6.45, 7) is 3.63. The number of hydrogen-bond donors (Lipinski definition) is 2. The number of amides is 2. The zero-order valence-electron chi connectivity index (χ0n) is 17.0. The highest BCUT2D eigenvalue weighted by Crippen LogP contribution is 2.24. The van der Waals surface area contributed by atoms with Gasteiger partial charge in [-0.05, 0) is 44.2 Å². The minimum atomic E-state index is -0.515. The van der Waals surface area contributed by atoms with E-state index in [2.05, 4.69) is 25.8 Å². The van der Waals surface area contributed by atoms with Gasteiger partial charge in [-0.1, -0.05) is 29.2 Å². The summed E-state index contributed by atoms with van der Waals surface area (Å²) in [6, 6.07) is 8.40. The van der Waals surface area contributed by atoms with Crippen LogP contribution in [-0.2, 0) is 9.53 Å². The van der Waals surface area contributed by atoms with Crippen molar-refractivity contribution in [3.63, 3.8) is 0 Å². The lowest BCUT2D eigenvalue weighted by molar-refractivity contribution is -0.113. The van der Waals surface area contributed by atoms with Crippen molar-refractivity contribution in [3.8, 4) is 0 Å². The van der Waals surface area contributed by atoms with Crippen LogP contribution in [0.15, 0.2) is 41.4 Å². The van der Waals surface area contributed by atoms with Crippen molar-refractivity contribution in [2.24, 2.45) is 0 Å². The number of esters is 1. The molecule has 0 spiro atoms. The van der Waals surface area contributed by atoms with Crippen LogP contribution >= 0.6 is 23.1 Å². The SMILES string of the molecule is CCOC(=O)c1sc(NC(=O)CSc2ccc(NC(=O)c3cccc(F)c3)nn2)nc1C.